The summed E-state index contributed by atoms with van der Waals surface area (Å²) < 4.78 is 1.90. The van der Waals surface area contributed by atoms with E-state index in [1.165, 1.54) is 6.21 Å². The zero-order valence-corrected chi connectivity index (χ0v) is 11.3. The summed E-state index contributed by atoms with van der Waals surface area (Å²) in [5.74, 6) is 0.575. The third-order valence-corrected chi connectivity index (χ3v) is 2.74. The summed E-state index contributed by atoms with van der Waals surface area (Å²) in [5.41, 5.74) is 1.66. The van der Waals surface area contributed by atoms with Crippen LogP contribution in [0.5, 0.6) is 0 Å². The summed E-state index contributed by atoms with van der Waals surface area (Å²) in [5, 5.41) is 6.75. The van der Waals surface area contributed by atoms with Crippen LogP contribution in [0.4, 0.5) is 0 Å². The molecule has 0 aliphatic carbocycles. The summed E-state index contributed by atoms with van der Waals surface area (Å²) >= 11 is 0. The molecule has 3 rings (SSSR count). The maximum Gasteiger partial charge on any atom is 0.260 e. The summed E-state index contributed by atoms with van der Waals surface area (Å²) in [7, 11) is 0. The van der Waals surface area contributed by atoms with Crippen LogP contribution in [-0.4, -0.2) is 20.6 Å². The van der Waals surface area contributed by atoms with Gasteiger partial charge in [-0.3, -0.25) is 14.2 Å². The first-order valence-electron chi connectivity index (χ1n) is 6.26. The van der Waals surface area contributed by atoms with Gasteiger partial charge in [-0.05, 0) is 25.3 Å². The zero-order valence-electron chi connectivity index (χ0n) is 11.3. The average molecular weight is 268 g/mol. The van der Waals surface area contributed by atoms with E-state index in [9.17, 15) is 4.79 Å². The van der Waals surface area contributed by atoms with Crippen LogP contribution in [0.1, 0.15) is 12.6 Å². The molecule has 3 aromatic rings. The Bertz CT molecular complexity index is 813. The maximum absolute atomic E-state index is 11.8. The van der Waals surface area contributed by atoms with Crippen molar-refractivity contribution >= 4 is 22.9 Å². The second kappa shape index (κ2) is 5.97. The van der Waals surface area contributed by atoms with Gasteiger partial charge in [0.15, 0.2) is 0 Å². The first-order valence-corrected chi connectivity index (χ1v) is 6.26. The number of aromatic amines is 1. The lowest BCUT2D eigenvalue weighted by atomic mass is 10.2. The Morgan fingerprint density at radius 3 is 2.85 bits per heavy atom. The van der Waals surface area contributed by atoms with Gasteiger partial charge in [-0.2, -0.15) is 0 Å². The molecule has 0 fully saturated rings. The minimum absolute atomic E-state index is 0.108. The lowest BCUT2D eigenvalue weighted by Crippen LogP contribution is -2.09. The van der Waals surface area contributed by atoms with Crippen molar-refractivity contribution in [2.24, 2.45) is 0 Å². The predicted octanol–water partition coefficient (Wildman–Crippen LogP) is 2.56. The SMILES string of the molecule is C=CCc1cn2c(n1)[nH]c(=O)c1ccccc12.CC=N. The van der Waals surface area contributed by atoms with Gasteiger partial charge >= 0.3 is 0 Å². The second-order valence-electron chi connectivity index (χ2n) is 4.18. The number of fused-ring (bicyclic) bond motifs is 3. The van der Waals surface area contributed by atoms with Crippen LogP contribution in [0.25, 0.3) is 16.7 Å². The van der Waals surface area contributed by atoms with Gasteiger partial charge in [0.2, 0.25) is 5.78 Å². The molecule has 5 heteroatoms. The number of para-hydroxylation sites is 1. The Morgan fingerprint density at radius 2 is 2.15 bits per heavy atom. The topological polar surface area (TPSA) is 74.0 Å². The maximum atomic E-state index is 11.8. The molecular weight excluding hydrogens is 252 g/mol. The molecule has 1 aromatic carbocycles. The molecule has 0 radical (unpaired) electrons. The lowest BCUT2D eigenvalue weighted by molar-refractivity contribution is 1.13. The number of aromatic nitrogens is 3. The fourth-order valence-corrected chi connectivity index (χ4v) is 1.99. The van der Waals surface area contributed by atoms with Gasteiger partial charge in [-0.1, -0.05) is 18.2 Å². The average Bonchev–Trinajstić information content (AvgIpc) is 2.83. The number of allylic oxidation sites excluding steroid dienone is 1. The van der Waals surface area contributed by atoms with Crippen molar-refractivity contribution in [3.8, 4) is 0 Å². The standard InChI is InChI=1S/C13H11N3O.C2H5N/c1-2-5-9-8-16-11-7-4-3-6-10(11)12(17)15-13(16)14-9;1-2-3/h2-4,6-8H,1,5H2,(H,14,15,17);2-3H,1H3. The fraction of sp³-hybridized carbons (Fsp3) is 0.133. The summed E-state index contributed by atoms with van der Waals surface area (Å²) in [6, 6.07) is 7.48. The molecule has 0 saturated carbocycles. The normalized spacial score (nSPS) is 10.1. The summed E-state index contributed by atoms with van der Waals surface area (Å²) in [4.78, 5) is 19.0. The molecule has 0 aliphatic rings. The zero-order chi connectivity index (χ0) is 14.5. The van der Waals surface area contributed by atoms with E-state index in [0.717, 1.165) is 11.2 Å². The van der Waals surface area contributed by atoms with Gasteiger partial charge < -0.3 is 5.41 Å². The number of rotatable bonds is 2. The Kier molecular flexibility index (Phi) is 4.10. The number of benzene rings is 1. The van der Waals surface area contributed by atoms with Crippen molar-refractivity contribution in [1.82, 2.24) is 14.4 Å². The molecule has 20 heavy (non-hydrogen) atoms. The number of nitrogens with zero attached hydrogens (tertiary/aromatic N) is 2. The van der Waals surface area contributed by atoms with Gasteiger partial charge in [0, 0.05) is 12.6 Å². The van der Waals surface area contributed by atoms with E-state index in [4.69, 9.17) is 5.41 Å². The van der Waals surface area contributed by atoms with E-state index < -0.39 is 0 Å². The van der Waals surface area contributed by atoms with E-state index in [1.807, 2.05) is 28.8 Å². The van der Waals surface area contributed by atoms with Crippen molar-refractivity contribution in [2.75, 3.05) is 0 Å². The van der Waals surface area contributed by atoms with Crippen molar-refractivity contribution in [3.63, 3.8) is 0 Å². The Hall–Kier alpha value is -2.69. The van der Waals surface area contributed by atoms with Gasteiger partial charge in [-0.25, -0.2) is 4.98 Å². The molecular formula is C15H16N4O. The van der Waals surface area contributed by atoms with Gasteiger partial charge in [0.1, 0.15) is 0 Å². The number of hydrogen-bond acceptors (Lipinski definition) is 3. The molecule has 0 unspecified atom stereocenters. The number of H-pyrrole nitrogens is 1. The highest BCUT2D eigenvalue weighted by molar-refractivity contribution is 5.79. The van der Waals surface area contributed by atoms with Crippen LogP contribution < -0.4 is 5.56 Å². The Balaban J connectivity index is 0.000000452. The minimum atomic E-state index is -0.108. The van der Waals surface area contributed by atoms with Crippen LogP contribution in [0.15, 0.2) is 47.9 Å². The first-order chi connectivity index (χ1) is 9.71. The highest BCUT2D eigenvalue weighted by Gasteiger charge is 2.06. The van der Waals surface area contributed by atoms with Crippen LogP contribution in [0.3, 0.4) is 0 Å². The van der Waals surface area contributed by atoms with Crippen molar-refractivity contribution in [2.45, 2.75) is 13.3 Å². The highest BCUT2D eigenvalue weighted by atomic mass is 16.1. The quantitative estimate of drug-likeness (QED) is 0.553. The van der Waals surface area contributed by atoms with Gasteiger partial charge in [0.25, 0.3) is 5.56 Å². The van der Waals surface area contributed by atoms with Crippen molar-refractivity contribution < 1.29 is 0 Å². The number of hydrogen-bond donors (Lipinski definition) is 2. The van der Waals surface area contributed by atoms with Gasteiger partial charge in [0.05, 0.1) is 16.6 Å². The van der Waals surface area contributed by atoms with E-state index in [1.54, 1.807) is 19.1 Å². The molecule has 2 N–H and O–H groups in total. The Labute approximate surface area is 116 Å². The predicted molar refractivity (Wildman–Crippen MR) is 81.7 cm³/mol. The van der Waals surface area contributed by atoms with Crippen molar-refractivity contribution in [3.05, 3.63) is 59.2 Å². The van der Waals surface area contributed by atoms with E-state index in [-0.39, 0.29) is 5.56 Å². The molecule has 0 amide bonds. The molecule has 2 aromatic heterocycles. The van der Waals surface area contributed by atoms with Crippen LogP contribution in [0, 0.1) is 5.41 Å². The smallest absolute Gasteiger partial charge is 0.260 e. The fourth-order valence-electron chi connectivity index (χ4n) is 1.99. The molecule has 2 heterocycles. The first kappa shape index (κ1) is 13.7. The summed E-state index contributed by atoms with van der Waals surface area (Å²) in [6.07, 6.45) is 5.66. The van der Waals surface area contributed by atoms with Crippen LogP contribution >= 0.6 is 0 Å². The number of nitrogens with one attached hydrogen (secondary N) is 2. The van der Waals surface area contributed by atoms with Crippen LogP contribution in [-0.2, 0) is 6.42 Å². The molecule has 0 atom stereocenters. The van der Waals surface area contributed by atoms with E-state index in [0.29, 0.717) is 17.6 Å². The van der Waals surface area contributed by atoms with Gasteiger partial charge in [-0.15, -0.1) is 6.58 Å². The summed E-state index contributed by atoms with van der Waals surface area (Å²) in [6.45, 7) is 5.35. The number of imidazole rings is 1. The monoisotopic (exact) mass is 268 g/mol. The molecule has 0 saturated heterocycles. The molecule has 0 aliphatic heterocycles. The third kappa shape index (κ3) is 2.51. The minimum Gasteiger partial charge on any atom is -0.313 e. The highest BCUT2D eigenvalue weighted by Crippen LogP contribution is 2.12. The Morgan fingerprint density at radius 1 is 1.45 bits per heavy atom. The molecule has 0 bridgehead atoms. The third-order valence-electron chi connectivity index (χ3n) is 2.74. The van der Waals surface area contributed by atoms with Crippen LogP contribution in [0.2, 0.25) is 0 Å². The molecule has 0 spiro atoms. The second-order valence-corrected chi connectivity index (χ2v) is 4.18. The van der Waals surface area contributed by atoms with Crippen molar-refractivity contribution in [1.29, 1.82) is 5.41 Å². The van der Waals surface area contributed by atoms with E-state index >= 15 is 0 Å². The molecule has 5 nitrogen and oxygen atoms in total. The van der Waals surface area contributed by atoms with E-state index in [2.05, 4.69) is 16.5 Å². The molecule has 102 valence electrons. The lowest BCUT2D eigenvalue weighted by Gasteiger charge is -1.99. The largest absolute Gasteiger partial charge is 0.313 e.